The van der Waals surface area contributed by atoms with Crippen LogP contribution < -0.4 is 5.73 Å². The fourth-order valence-electron chi connectivity index (χ4n) is 2.02. The molecule has 0 saturated carbocycles. The fraction of sp³-hybridized carbons (Fsp3) is 0.583. The number of hydrogen-bond acceptors (Lipinski definition) is 3. The molecule has 4 nitrogen and oxygen atoms in total. The topological polar surface area (TPSA) is 59.5 Å². The Morgan fingerprint density at radius 1 is 1.31 bits per heavy atom. The molecule has 1 aliphatic rings. The lowest BCUT2D eigenvalue weighted by molar-refractivity contribution is 0.0690. The van der Waals surface area contributed by atoms with Gasteiger partial charge in [-0.15, -0.1) is 0 Å². The van der Waals surface area contributed by atoms with Crippen molar-refractivity contribution in [3.63, 3.8) is 0 Å². The summed E-state index contributed by atoms with van der Waals surface area (Å²) in [5.41, 5.74) is 5.43. The van der Waals surface area contributed by atoms with E-state index in [1.165, 1.54) is 6.42 Å². The summed E-state index contributed by atoms with van der Waals surface area (Å²) >= 11 is 0. The van der Waals surface area contributed by atoms with E-state index < -0.39 is 0 Å². The van der Waals surface area contributed by atoms with Crippen LogP contribution in [0.15, 0.2) is 16.5 Å². The Morgan fingerprint density at radius 2 is 2.06 bits per heavy atom. The number of amides is 1. The van der Waals surface area contributed by atoms with E-state index >= 15 is 0 Å². The van der Waals surface area contributed by atoms with E-state index in [4.69, 9.17) is 10.2 Å². The minimum Gasteiger partial charge on any atom is -0.456 e. The van der Waals surface area contributed by atoms with Crippen LogP contribution in [0.3, 0.4) is 0 Å². The zero-order chi connectivity index (χ0) is 11.4. The van der Waals surface area contributed by atoms with Gasteiger partial charge in [-0.05, 0) is 37.9 Å². The van der Waals surface area contributed by atoms with Gasteiger partial charge in [0.05, 0.1) is 0 Å². The Bertz CT molecular complexity index is 354. The second kappa shape index (κ2) is 5.16. The molecule has 0 spiro atoms. The second-order valence-electron chi connectivity index (χ2n) is 4.16. The van der Waals surface area contributed by atoms with Gasteiger partial charge in [0, 0.05) is 19.5 Å². The first-order valence-corrected chi connectivity index (χ1v) is 5.89. The molecule has 0 aliphatic carbocycles. The fourth-order valence-corrected chi connectivity index (χ4v) is 2.02. The maximum Gasteiger partial charge on any atom is 0.289 e. The van der Waals surface area contributed by atoms with Crippen molar-refractivity contribution in [2.24, 2.45) is 5.73 Å². The highest BCUT2D eigenvalue weighted by Crippen LogP contribution is 2.15. The van der Waals surface area contributed by atoms with E-state index in [1.807, 2.05) is 11.0 Å². The van der Waals surface area contributed by atoms with Crippen LogP contribution in [0.4, 0.5) is 0 Å². The highest BCUT2D eigenvalue weighted by molar-refractivity contribution is 5.91. The van der Waals surface area contributed by atoms with E-state index in [0.29, 0.717) is 18.7 Å². The van der Waals surface area contributed by atoms with Gasteiger partial charge >= 0.3 is 0 Å². The van der Waals surface area contributed by atoms with Crippen LogP contribution in [-0.4, -0.2) is 30.4 Å². The number of nitrogens with two attached hydrogens (primary N) is 1. The summed E-state index contributed by atoms with van der Waals surface area (Å²) in [4.78, 5) is 13.9. The molecule has 0 aromatic carbocycles. The summed E-state index contributed by atoms with van der Waals surface area (Å²) in [6.07, 6.45) is 4.11. The molecular weight excluding hydrogens is 204 g/mol. The molecule has 1 amide bonds. The Labute approximate surface area is 95.4 Å². The van der Waals surface area contributed by atoms with Gasteiger partial charge in [-0.3, -0.25) is 4.79 Å². The molecule has 16 heavy (non-hydrogen) atoms. The third-order valence-electron chi connectivity index (χ3n) is 2.91. The Hall–Kier alpha value is -1.29. The first-order chi connectivity index (χ1) is 7.81. The summed E-state index contributed by atoms with van der Waals surface area (Å²) < 4.78 is 5.47. The van der Waals surface area contributed by atoms with Crippen LogP contribution >= 0.6 is 0 Å². The van der Waals surface area contributed by atoms with Crippen LogP contribution in [-0.2, 0) is 6.42 Å². The minimum atomic E-state index is 0.0166. The predicted octanol–water partition coefficient (Wildman–Crippen LogP) is 1.41. The van der Waals surface area contributed by atoms with E-state index in [2.05, 4.69) is 0 Å². The highest BCUT2D eigenvalue weighted by atomic mass is 16.4. The van der Waals surface area contributed by atoms with E-state index in [0.717, 1.165) is 31.7 Å². The Balaban J connectivity index is 2.01. The van der Waals surface area contributed by atoms with Crippen molar-refractivity contribution < 1.29 is 9.21 Å². The van der Waals surface area contributed by atoms with Crippen LogP contribution in [0.2, 0.25) is 0 Å². The van der Waals surface area contributed by atoms with Crippen molar-refractivity contribution in [2.45, 2.75) is 25.7 Å². The van der Waals surface area contributed by atoms with Gasteiger partial charge in [0.25, 0.3) is 5.91 Å². The van der Waals surface area contributed by atoms with Gasteiger partial charge in [-0.1, -0.05) is 0 Å². The number of furan rings is 1. The van der Waals surface area contributed by atoms with Gasteiger partial charge < -0.3 is 15.1 Å². The standard InChI is InChI=1S/C12H18N2O2/c13-7-6-10-4-5-11(16-10)12(15)14-8-2-1-3-9-14/h4-5H,1-3,6-9,13H2. The quantitative estimate of drug-likeness (QED) is 0.841. The summed E-state index contributed by atoms with van der Waals surface area (Å²) in [7, 11) is 0. The summed E-state index contributed by atoms with van der Waals surface area (Å²) in [6.45, 7) is 2.25. The van der Waals surface area contributed by atoms with E-state index in [1.54, 1.807) is 6.07 Å². The summed E-state index contributed by atoms with van der Waals surface area (Å²) in [5, 5.41) is 0. The number of likely N-dealkylation sites (tertiary alicyclic amines) is 1. The van der Waals surface area contributed by atoms with Crippen LogP contribution in [0, 0.1) is 0 Å². The van der Waals surface area contributed by atoms with E-state index in [-0.39, 0.29) is 5.91 Å². The molecule has 2 heterocycles. The Morgan fingerprint density at radius 3 is 2.75 bits per heavy atom. The van der Waals surface area contributed by atoms with Crippen LogP contribution in [0.5, 0.6) is 0 Å². The summed E-state index contributed by atoms with van der Waals surface area (Å²) in [6, 6.07) is 3.59. The first-order valence-electron chi connectivity index (χ1n) is 5.89. The molecule has 0 atom stereocenters. The molecule has 4 heteroatoms. The van der Waals surface area contributed by atoms with Gasteiger partial charge in [0.1, 0.15) is 5.76 Å². The average molecular weight is 222 g/mol. The number of hydrogen-bond donors (Lipinski definition) is 1. The number of carbonyl (C=O) groups excluding carboxylic acids is 1. The second-order valence-corrected chi connectivity index (χ2v) is 4.16. The largest absolute Gasteiger partial charge is 0.456 e. The Kier molecular flexibility index (Phi) is 3.62. The molecule has 2 rings (SSSR count). The molecule has 1 saturated heterocycles. The molecular formula is C12H18N2O2. The van der Waals surface area contributed by atoms with Crippen molar-refractivity contribution in [1.82, 2.24) is 4.90 Å². The third-order valence-corrected chi connectivity index (χ3v) is 2.91. The molecule has 1 fully saturated rings. The number of rotatable bonds is 3. The number of nitrogens with zero attached hydrogens (tertiary/aromatic N) is 1. The number of piperidine rings is 1. The maximum atomic E-state index is 12.0. The van der Waals surface area contributed by atoms with Gasteiger partial charge in [-0.2, -0.15) is 0 Å². The molecule has 2 N–H and O–H groups in total. The van der Waals surface area contributed by atoms with Crippen molar-refractivity contribution in [2.75, 3.05) is 19.6 Å². The van der Waals surface area contributed by atoms with Crippen LogP contribution in [0.1, 0.15) is 35.6 Å². The van der Waals surface area contributed by atoms with Crippen molar-refractivity contribution in [3.05, 3.63) is 23.7 Å². The monoisotopic (exact) mass is 222 g/mol. The molecule has 0 radical (unpaired) electrons. The highest BCUT2D eigenvalue weighted by Gasteiger charge is 2.20. The van der Waals surface area contributed by atoms with Crippen molar-refractivity contribution in [3.8, 4) is 0 Å². The normalized spacial score (nSPS) is 16.4. The predicted molar refractivity (Wildman–Crippen MR) is 61.2 cm³/mol. The zero-order valence-electron chi connectivity index (χ0n) is 9.45. The summed E-state index contributed by atoms with van der Waals surface area (Å²) in [5.74, 6) is 1.26. The minimum absolute atomic E-state index is 0.0166. The lowest BCUT2D eigenvalue weighted by Crippen LogP contribution is -2.35. The molecule has 0 bridgehead atoms. The van der Waals surface area contributed by atoms with Crippen LogP contribution in [0.25, 0.3) is 0 Å². The van der Waals surface area contributed by atoms with Gasteiger partial charge in [0.15, 0.2) is 5.76 Å². The number of carbonyl (C=O) groups is 1. The molecule has 1 aromatic heterocycles. The first kappa shape index (κ1) is 11.2. The van der Waals surface area contributed by atoms with Gasteiger partial charge in [0.2, 0.25) is 0 Å². The van der Waals surface area contributed by atoms with Gasteiger partial charge in [-0.25, -0.2) is 0 Å². The lowest BCUT2D eigenvalue weighted by Gasteiger charge is -2.25. The SMILES string of the molecule is NCCc1ccc(C(=O)N2CCCCC2)o1. The third kappa shape index (κ3) is 2.44. The molecule has 1 aromatic rings. The maximum absolute atomic E-state index is 12.0. The molecule has 88 valence electrons. The molecule has 1 aliphatic heterocycles. The van der Waals surface area contributed by atoms with Crippen molar-refractivity contribution >= 4 is 5.91 Å². The van der Waals surface area contributed by atoms with E-state index in [9.17, 15) is 4.79 Å². The smallest absolute Gasteiger partial charge is 0.289 e. The van der Waals surface area contributed by atoms with Crippen molar-refractivity contribution in [1.29, 1.82) is 0 Å². The lowest BCUT2D eigenvalue weighted by atomic mass is 10.1. The zero-order valence-corrected chi connectivity index (χ0v) is 9.45. The average Bonchev–Trinajstić information content (AvgIpc) is 2.78. The molecule has 0 unspecified atom stereocenters.